The van der Waals surface area contributed by atoms with Gasteiger partial charge in [-0.05, 0) is 30.3 Å². The number of amides is 1. The molecule has 30 heavy (non-hydrogen) atoms. The van der Waals surface area contributed by atoms with Crippen LogP contribution >= 0.6 is 0 Å². The van der Waals surface area contributed by atoms with Crippen LogP contribution in [0.15, 0.2) is 70.7 Å². The van der Waals surface area contributed by atoms with Crippen LogP contribution in [0.2, 0.25) is 0 Å². The predicted octanol–water partition coefficient (Wildman–Crippen LogP) is 4.31. The van der Waals surface area contributed by atoms with Crippen LogP contribution in [-0.4, -0.2) is 15.8 Å². The molecule has 0 aliphatic rings. The number of nitrogens with zero attached hydrogens (tertiary/aromatic N) is 3. The summed E-state index contributed by atoms with van der Waals surface area (Å²) in [6, 6.07) is 15.9. The second kappa shape index (κ2) is 8.49. The summed E-state index contributed by atoms with van der Waals surface area (Å²) in [5.74, 6) is -0.379. The van der Waals surface area contributed by atoms with E-state index >= 15 is 0 Å². The Balaban J connectivity index is 1.82. The quantitative estimate of drug-likeness (QED) is 0.278. The van der Waals surface area contributed by atoms with Gasteiger partial charge >= 0.3 is 0 Å². The van der Waals surface area contributed by atoms with Crippen LogP contribution in [0.3, 0.4) is 0 Å². The van der Waals surface area contributed by atoms with Crippen LogP contribution in [0.4, 0.5) is 17.1 Å². The van der Waals surface area contributed by atoms with Gasteiger partial charge in [0.05, 0.1) is 15.4 Å². The molecule has 1 N–H and O–H groups in total. The molecule has 0 atom stereocenters. The summed E-state index contributed by atoms with van der Waals surface area (Å²) in [5, 5.41) is 33.6. The molecule has 0 saturated carbocycles. The van der Waals surface area contributed by atoms with Crippen LogP contribution in [0.1, 0.15) is 5.76 Å². The van der Waals surface area contributed by atoms with Crippen LogP contribution in [-0.2, 0) is 4.79 Å². The van der Waals surface area contributed by atoms with Gasteiger partial charge in [-0.1, -0.05) is 12.1 Å². The third kappa shape index (κ3) is 4.37. The molecular formula is C20H12N4O6. The largest absolute Gasteiger partial charge is 0.456 e. The fraction of sp³-hybridized carbons (Fsp3) is 0. The van der Waals surface area contributed by atoms with E-state index in [9.17, 15) is 30.3 Å². The first kappa shape index (κ1) is 20.0. The van der Waals surface area contributed by atoms with Crippen molar-refractivity contribution in [1.82, 2.24) is 0 Å². The SMILES string of the molecule is N#C/C(=C\c1ccc(-c2ccccc2[N+](=O)[O-])o1)C(=O)Nc1ccc([N+](=O)[O-])cc1. The highest BCUT2D eigenvalue weighted by Crippen LogP contribution is 2.31. The number of anilines is 1. The molecule has 0 fully saturated rings. The molecule has 3 rings (SSSR count). The second-order valence-corrected chi connectivity index (χ2v) is 5.90. The number of furan rings is 1. The molecule has 0 aliphatic carbocycles. The Labute approximate surface area is 169 Å². The molecule has 0 bridgehead atoms. The smallest absolute Gasteiger partial charge is 0.280 e. The lowest BCUT2D eigenvalue weighted by Gasteiger charge is -2.03. The van der Waals surface area contributed by atoms with Gasteiger partial charge in [-0.25, -0.2) is 0 Å². The van der Waals surface area contributed by atoms with Crippen molar-refractivity contribution >= 4 is 29.0 Å². The summed E-state index contributed by atoms with van der Waals surface area (Å²) < 4.78 is 5.55. The molecule has 0 aliphatic heterocycles. The van der Waals surface area contributed by atoms with Crippen molar-refractivity contribution in [2.45, 2.75) is 0 Å². The highest BCUT2D eigenvalue weighted by atomic mass is 16.6. The van der Waals surface area contributed by atoms with Crippen LogP contribution in [0.25, 0.3) is 17.4 Å². The second-order valence-electron chi connectivity index (χ2n) is 5.90. The molecule has 1 aromatic heterocycles. The molecular weight excluding hydrogens is 392 g/mol. The van der Waals surface area contributed by atoms with Gasteiger partial charge in [0, 0.05) is 30.0 Å². The number of hydrogen-bond donors (Lipinski definition) is 1. The van der Waals surface area contributed by atoms with Crippen LogP contribution in [0, 0.1) is 31.6 Å². The standard InChI is InChI=1S/C20H12N4O6/c21-12-13(20(25)22-14-5-7-15(8-6-14)23(26)27)11-16-9-10-19(30-16)17-3-1-2-4-18(17)24(28)29/h1-11H,(H,22,25)/b13-11+. The first-order chi connectivity index (χ1) is 14.4. The maximum absolute atomic E-state index is 12.3. The van der Waals surface area contributed by atoms with Gasteiger partial charge in [-0.3, -0.25) is 25.0 Å². The van der Waals surface area contributed by atoms with Crippen molar-refractivity contribution in [2.24, 2.45) is 0 Å². The minimum absolute atomic E-state index is 0.137. The molecule has 0 saturated heterocycles. The van der Waals surface area contributed by atoms with Crippen molar-refractivity contribution in [3.63, 3.8) is 0 Å². The lowest BCUT2D eigenvalue weighted by molar-refractivity contribution is -0.384. The molecule has 148 valence electrons. The number of carbonyl (C=O) groups excluding carboxylic acids is 1. The normalized spacial score (nSPS) is 10.8. The Bertz CT molecular complexity index is 1200. The summed E-state index contributed by atoms with van der Waals surface area (Å²) in [7, 11) is 0. The van der Waals surface area contributed by atoms with Crippen molar-refractivity contribution in [3.8, 4) is 17.4 Å². The Morgan fingerprint density at radius 2 is 1.70 bits per heavy atom. The maximum Gasteiger partial charge on any atom is 0.280 e. The van der Waals surface area contributed by atoms with E-state index in [1.165, 1.54) is 60.7 Å². The van der Waals surface area contributed by atoms with Gasteiger partial charge in [-0.15, -0.1) is 0 Å². The zero-order chi connectivity index (χ0) is 21.7. The van der Waals surface area contributed by atoms with E-state index in [0.29, 0.717) is 0 Å². The minimum atomic E-state index is -0.741. The molecule has 1 amide bonds. The number of nitrogens with one attached hydrogen (secondary N) is 1. The highest BCUT2D eigenvalue weighted by Gasteiger charge is 2.18. The van der Waals surface area contributed by atoms with Crippen molar-refractivity contribution in [1.29, 1.82) is 5.26 Å². The molecule has 0 spiro atoms. The zero-order valence-corrected chi connectivity index (χ0v) is 15.1. The number of para-hydroxylation sites is 1. The minimum Gasteiger partial charge on any atom is -0.456 e. The van der Waals surface area contributed by atoms with E-state index in [2.05, 4.69) is 5.32 Å². The van der Waals surface area contributed by atoms with Gasteiger partial charge in [0.2, 0.25) is 0 Å². The molecule has 1 heterocycles. The van der Waals surface area contributed by atoms with E-state index < -0.39 is 15.8 Å². The summed E-state index contributed by atoms with van der Waals surface area (Å²) in [6.45, 7) is 0. The number of carbonyl (C=O) groups is 1. The number of benzene rings is 2. The molecule has 0 unspecified atom stereocenters. The topological polar surface area (TPSA) is 152 Å². The molecule has 2 aromatic carbocycles. The van der Waals surface area contributed by atoms with Crippen LogP contribution in [0.5, 0.6) is 0 Å². The third-order valence-electron chi connectivity index (χ3n) is 3.98. The maximum atomic E-state index is 12.3. The van der Waals surface area contributed by atoms with Crippen molar-refractivity contribution in [2.75, 3.05) is 5.32 Å². The van der Waals surface area contributed by atoms with Crippen molar-refractivity contribution < 1.29 is 19.1 Å². The Morgan fingerprint density at radius 1 is 1.00 bits per heavy atom. The van der Waals surface area contributed by atoms with Gasteiger partial charge in [-0.2, -0.15) is 5.26 Å². The Kier molecular flexibility index (Phi) is 5.65. The Morgan fingerprint density at radius 3 is 2.33 bits per heavy atom. The van der Waals surface area contributed by atoms with E-state index in [-0.39, 0.29) is 39.7 Å². The number of rotatable bonds is 6. The predicted molar refractivity (Wildman–Crippen MR) is 106 cm³/mol. The number of hydrogen-bond acceptors (Lipinski definition) is 7. The average Bonchev–Trinajstić information content (AvgIpc) is 3.20. The highest BCUT2D eigenvalue weighted by molar-refractivity contribution is 6.09. The Hall–Kier alpha value is -4.78. The van der Waals surface area contributed by atoms with Gasteiger partial charge < -0.3 is 9.73 Å². The van der Waals surface area contributed by atoms with E-state index in [1.54, 1.807) is 12.1 Å². The molecule has 10 heteroatoms. The fourth-order valence-electron chi connectivity index (χ4n) is 2.57. The fourth-order valence-corrected chi connectivity index (χ4v) is 2.57. The monoisotopic (exact) mass is 404 g/mol. The average molecular weight is 404 g/mol. The van der Waals surface area contributed by atoms with Crippen LogP contribution < -0.4 is 5.32 Å². The lowest BCUT2D eigenvalue weighted by Crippen LogP contribution is -2.13. The van der Waals surface area contributed by atoms with Gasteiger partial charge in [0.1, 0.15) is 23.2 Å². The zero-order valence-electron chi connectivity index (χ0n) is 15.1. The van der Waals surface area contributed by atoms with Crippen molar-refractivity contribution in [3.05, 3.63) is 92.2 Å². The van der Waals surface area contributed by atoms with E-state index in [1.807, 2.05) is 0 Å². The number of non-ortho nitro benzene ring substituents is 1. The lowest BCUT2D eigenvalue weighted by atomic mass is 10.1. The number of nitro benzene ring substituents is 2. The number of nitriles is 1. The summed E-state index contributed by atoms with van der Waals surface area (Å²) in [4.78, 5) is 33.1. The summed E-state index contributed by atoms with van der Waals surface area (Å²) >= 11 is 0. The first-order valence-corrected chi connectivity index (χ1v) is 8.40. The summed E-state index contributed by atoms with van der Waals surface area (Å²) in [5.41, 5.74) is -0.0273. The summed E-state index contributed by atoms with van der Waals surface area (Å²) in [6.07, 6.45) is 1.19. The molecule has 0 radical (unpaired) electrons. The molecule has 3 aromatic rings. The van der Waals surface area contributed by atoms with E-state index in [0.717, 1.165) is 0 Å². The van der Waals surface area contributed by atoms with Gasteiger partial charge in [0.15, 0.2) is 0 Å². The van der Waals surface area contributed by atoms with Gasteiger partial charge in [0.25, 0.3) is 17.3 Å². The van der Waals surface area contributed by atoms with E-state index in [4.69, 9.17) is 4.42 Å². The molecule has 10 nitrogen and oxygen atoms in total. The third-order valence-corrected chi connectivity index (χ3v) is 3.98. The number of nitro groups is 2. The first-order valence-electron chi connectivity index (χ1n) is 8.40.